The smallest absolute Gasteiger partial charge is 0.122 e. The second-order valence-corrected chi connectivity index (χ2v) is 7.90. The zero-order valence-electron chi connectivity index (χ0n) is 16.6. The van der Waals surface area contributed by atoms with E-state index in [1.165, 1.54) is 40.8 Å². The molecule has 0 fully saturated rings. The summed E-state index contributed by atoms with van der Waals surface area (Å²) < 4.78 is 5.59. The van der Waals surface area contributed by atoms with Gasteiger partial charge in [0.15, 0.2) is 0 Å². The maximum Gasteiger partial charge on any atom is 0.122 e. The fraction of sp³-hybridized carbons (Fsp3) is 0.478. The van der Waals surface area contributed by atoms with Crippen LogP contribution >= 0.6 is 0 Å². The Labute approximate surface area is 162 Å². The first-order valence-corrected chi connectivity index (χ1v) is 10.2. The van der Waals surface area contributed by atoms with Crippen LogP contribution in [0.15, 0.2) is 36.4 Å². The highest BCUT2D eigenvalue weighted by Crippen LogP contribution is 2.36. The Morgan fingerprint density at radius 2 is 2.15 bits per heavy atom. The Morgan fingerprint density at radius 1 is 1.22 bits per heavy atom. The van der Waals surface area contributed by atoms with Crippen LogP contribution < -0.4 is 15.4 Å². The number of hydrogen-bond donors (Lipinski definition) is 2. The molecule has 0 bridgehead atoms. The summed E-state index contributed by atoms with van der Waals surface area (Å²) in [5.74, 6) is 1.68. The second-order valence-electron chi connectivity index (χ2n) is 7.90. The second kappa shape index (κ2) is 8.32. The summed E-state index contributed by atoms with van der Waals surface area (Å²) >= 11 is 0. The third-order valence-corrected chi connectivity index (χ3v) is 6.02. The van der Waals surface area contributed by atoms with Gasteiger partial charge in [-0.1, -0.05) is 24.3 Å². The molecule has 4 heteroatoms. The van der Waals surface area contributed by atoms with Gasteiger partial charge in [-0.2, -0.15) is 0 Å². The van der Waals surface area contributed by atoms with Gasteiger partial charge < -0.3 is 15.0 Å². The number of anilines is 1. The van der Waals surface area contributed by atoms with Crippen LogP contribution in [0.2, 0.25) is 0 Å². The number of fused-ring (bicyclic) bond motifs is 2. The van der Waals surface area contributed by atoms with E-state index in [9.17, 15) is 0 Å². The van der Waals surface area contributed by atoms with E-state index in [-0.39, 0.29) is 0 Å². The van der Waals surface area contributed by atoms with Crippen LogP contribution in [-0.2, 0) is 19.4 Å². The lowest BCUT2D eigenvalue weighted by atomic mass is 9.82. The standard InChI is InChI=1S/C23H31N3O/c1-26(12-11-17-9-10-18-14-24-16-25-22(18)13-17)15-19-5-3-7-21-20(19)6-4-8-23(21)27-2/h4,6,8-10,13,19,24-25H,3,5,7,11-12,14-16H2,1-2H3. The van der Waals surface area contributed by atoms with Gasteiger partial charge in [0.1, 0.15) is 5.75 Å². The monoisotopic (exact) mass is 365 g/mol. The van der Waals surface area contributed by atoms with Crippen LogP contribution in [0.5, 0.6) is 5.75 Å². The quantitative estimate of drug-likeness (QED) is 0.817. The minimum Gasteiger partial charge on any atom is -0.496 e. The van der Waals surface area contributed by atoms with Crippen molar-refractivity contribution in [1.29, 1.82) is 0 Å². The maximum absolute atomic E-state index is 5.59. The van der Waals surface area contributed by atoms with E-state index < -0.39 is 0 Å². The first kappa shape index (κ1) is 18.3. The predicted molar refractivity (Wildman–Crippen MR) is 112 cm³/mol. The molecule has 0 aromatic heterocycles. The average molecular weight is 366 g/mol. The number of methoxy groups -OCH3 is 1. The summed E-state index contributed by atoms with van der Waals surface area (Å²) in [5, 5.41) is 6.79. The molecule has 4 nitrogen and oxygen atoms in total. The minimum absolute atomic E-state index is 0.616. The van der Waals surface area contributed by atoms with Crippen LogP contribution in [-0.4, -0.2) is 38.8 Å². The van der Waals surface area contributed by atoms with E-state index in [4.69, 9.17) is 4.74 Å². The summed E-state index contributed by atoms with van der Waals surface area (Å²) in [5.41, 5.74) is 7.01. The van der Waals surface area contributed by atoms with Gasteiger partial charge in [0.2, 0.25) is 0 Å². The van der Waals surface area contributed by atoms with Crippen LogP contribution in [0, 0.1) is 0 Å². The van der Waals surface area contributed by atoms with E-state index in [0.29, 0.717) is 5.92 Å². The zero-order valence-corrected chi connectivity index (χ0v) is 16.6. The number of likely N-dealkylation sites (N-methyl/N-ethyl adjacent to an activating group) is 1. The summed E-state index contributed by atoms with van der Waals surface area (Å²) in [6.07, 6.45) is 4.78. The largest absolute Gasteiger partial charge is 0.496 e. The molecule has 0 spiro atoms. The van der Waals surface area contributed by atoms with Crippen molar-refractivity contribution in [3.8, 4) is 5.75 Å². The van der Waals surface area contributed by atoms with Crippen molar-refractivity contribution in [2.75, 3.05) is 39.2 Å². The van der Waals surface area contributed by atoms with Crippen molar-refractivity contribution in [3.63, 3.8) is 0 Å². The molecular weight excluding hydrogens is 334 g/mol. The topological polar surface area (TPSA) is 36.5 Å². The lowest BCUT2D eigenvalue weighted by molar-refractivity contribution is 0.299. The molecule has 4 rings (SSSR count). The molecule has 0 saturated carbocycles. The van der Waals surface area contributed by atoms with Crippen molar-refractivity contribution < 1.29 is 4.74 Å². The lowest BCUT2D eigenvalue weighted by Crippen LogP contribution is -2.29. The Hall–Kier alpha value is -2.04. The van der Waals surface area contributed by atoms with E-state index in [0.717, 1.165) is 44.9 Å². The first-order valence-electron chi connectivity index (χ1n) is 10.2. The normalized spacial score (nSPS) is 18.6. The van der Waals surface area contributed by atoms with Gasteiger partial charge >= 0.3 is 0 Å². The first-order chi connectivity index (χ1) is 13.2. The van der Waals surface area contributed by atoms with Gasteiger partial charge in [0, 0.05) is 25.3 Å². The van der Waals surface area contributed by atoms with Crippen molar-refractivity contribution >= 4 is 5.69 Å². The Balaban J connectivity index is 1.37. The average Bonchev–Trinajstić information content (AvgIpc) is 2.72. The summed E-state index contributed by atoms with van der Waals surface area (Å²) in [6.45, 7) is 4.04. The molecule has 2 aromatic rings. The molecule has 2 aromatic carbocycles. The van der Waals surface area contributed by atoms with Gasteiger partial charge in [0.25, 0.3) is 0 Å². The summed E-state index contributed by atoms with van der Waals surface area (Å²) in [6, 6.07) is 13.4. The van der Waals surface area contributed by atoms with Crippen LogP contribution in [0.25, 0.3) is 0 Å². The highest BCUT2D eigenvalue weighted by molar-refractivity contribution is 5.54. The fourth-order valence-corrected chi connectivity index (χ4v) is 4.53. The molecule has 1 unspecified atom stereocenters. The SMILES string of the molecule is COc1cccc2c1CCCC2CN(C)CCc1ccc2c(c1)NCNC2. The van der Waals surface area contributed by atoms with Crippen molar-refractivity contribution in [1.82, 2.24) is 10.2 Å². The maximum atomic E-state index is 5.59. The molecule has 1 aliphatic heterocycles. The molecule has 0 saturated heterocycles. The van der Waals surface area contributed by atoms with Crippen molar-refractivity contribution in [2.45, 2.75) is 38.1 Å². The Kier molecular flexibility index (Phi) is 5.65. The summed E-state index contributed by atoms with van der Waals surface area (Å²) in [4.78, 5) is 2.49. The highest BCUT2D eigenvalue weighted by Gasteiger charge is 2.23. The molecule has 0 amide bonds. The van der Waals surface area contributed by atoms with Gasteiger partial charge in [-0.15, -0.1) is 0 Å². The molecule has 27 heavy (non-hydrogen) atoms. The molecule has 0 radical (unpaired) electrons. The lowest BCUT2D eigenvalue weighted by Gasteiger charge is -2.30. The number of nitrogens with one attached hydrogen (secondary N) is 2. The van der Waals surface area contributed by atoms with E-state index in [1.807, 2.05) is 0 Å². The number of ether oxygens (including phenoxy) is 1. The molecule has 1 atom stereocenters. The van der Waals surface area contributed by atoms with Crippen molar-refractivity contribution in [3.05, 3.63) is 58.7 Å². The van der Waals surface area contributed by atoms with E-state index in [2.05, 4.69) is 59.0 Å². The predicted octanol–water partition coefficient (Wildman–Crippen LogP) is 3.76. The number of nitrogens with zero attached hydrogens (tertiary/aromatic N) is 1. The van der Waals surface area contributed by atoms with Crippen molar-refractivity contribution in [2.24, 2.45) is 0 Å². The zero-order chi connectivity index (χ0) is 18.6. The fourth-order valence-electron chi connectivity index (χ4n) is 4.53. The molecular formula is C23H31N3O. The van der Waals surface area contributed by atoms with Gasteiger partial charge in [0.05, 0.1) is 13.8 Å². The minimum atomic E-state index is 0.616. The third kappa shape index (κ3) is 4.12. The Morgan fingerprint density at radius 3 is 3.04 bits per heavy atom. The van der Waals surface area contributed by atoms with Crippen LogP contribution in [0.4, 0.5) is 5.69 Å². The molecule has 2 N–H and O–H groups in total. The van der Waals surface area contributed by atoms with E-state index >= 15 is 0 Å². The van der Waals surface area contributed by atoms with E-state index in [1.54, 1.807) is 7.11 Å². The Bertz CT molecular complexity index is 789. The van der Waals surface area contributed by atoms with Crippen LogP contribution in [0.3, 0.4) is 0 Å². The summed E-state index contributed by atoms with van der Waals surface area (Å²) in [7, 11) is 4.05. The number of benzene rings is 2. The molecule has 144 valence electrons. The number of hydrogen-bond acceptors (Lipinski definition) is 4. The molecule has 1 aliphatic carbocycles. The van der Waals surface area contributed by atoms with Gasteiger partial charge in [-0.05, 0) is 73.0 Å². The number of rotatable bonds is 6. The molecule has 2 aliphatic rings. The van der Waals surface area contributed by atoms with Gasteiger partial charge in [-0.3, -0.25) is 5.32 Å². The van der Waals surface area contributed by atoms with Crippen LogP contribution in [0.1, 0.15) is 41.0 Å². The third-order valence-electron chi connectivity index (χ3n) is 6.02. The van der Waals surface area contributed by atoms with Gasteiger partial charge in [-0.25, -0.2) is 0 Å². The molecule has 1 heterocycles. The highest BCUT2D eigenvalue weighted by atomic mass is 16.5.